The molecule has 0 saturated carbocycles. The van der Waals surface area contributed by atoms with E-state index in [-0.39, 0.29) is 5.41 Å². The Labute approximate surface area is 405 Å². The number of benzene rings is 11. The van der Waals surface area contributed by atoms with Crippen molar-refractivity contribution < 1.29 is 0 Å². The van der Waals surface area contributed by atoms with E-state index in [9.17, 15) is 0 Å². The highest BCUT2D eigenvalue weighted by Gasteiger charge is 2.36. The van der Waals surface area contributed by atoms with Crippen LogP contribution in [-0.4, -0.2) is 19.5 Å². The van der Waals surface area contributed by atoms with Gasteiger partial charge in [-0.25, -0.2) is 4.98 Å². The molecule has 0 saturated heterocycles. The largest absolute Gasteiger partial charge is 0.278 e. The van der Waals surface area contributed by atoms with E-state index in [0.717, 1.165) is 38.7 Å². The normalized spacial score (nSPS) is 12.8. The van der Waals surface area contributed by atoms with Gasteiger partial charge in [-0.15, -0.1) is 0 Å². The molecule has 11 aromatic carbocycles. The maximum absolute atomic E-state index is 5.37. The van der Waals surface area contributed by atoms with Gasteiger partial charge in [0.2, 0.25) is 5.95 Å². The van der Waals surface area contributed by atoms with Crippen LogP contribution in [0.1, 0.15) is 25.0 Å². The molecule has 2 heterocycles. The summed E-state index contributed by atoms with van der Waals surface area (Å²) in [6.07, 6.45) is 0. The van der Waals surface area contributed by atoms with Crippen LogP contribution < -0.4 is 0 Å². The van der Waals surface area contributed by atoms with Gasteiger partial charge in [0.15, 0.2) is 11.6 Å². The number of fused-ring (bicyclic) bond motifs is 9. The lowest BCUT2D eigenvalue weighted by atomic mass is 9.82. The third-order valence-corrected chi connectivity index (χ3v) is 14.9. The fourth-order valence-corrected chi connectivity index (χ4v) is 11.5. The molecule has 0 unspecified atom stereocenters. The minimum Gasteiger partial charge on any atom is -0.278 e. The van der Waals surface area contributed by atoms with Crippen molar-refractivity contribution in [2.75, 3.05) is 0 Å². The van der Waals surface area contributed by atoms with Crippen LogP contribution in [0.4, 0.5) is 0 Å². The second-order valence-electron chi connectivity index (χ2n) is 19.1. The minimum atomic E-state index is -0.165. The van der Waals surface area contributed by atoms with Gasteiger partial charge in [0, 0.05) is 27.3 Å². The summed E-state index contributed by atoms with van der Waals surface area (Å²) in [6, 6.07) is 83.4. The van der Waals surface area contributed by atoms with E-state index in [1.165, 1.54) is 82.2 Å². The van der Waals surface area contributed by atoms with Crippen molar-refractivity contribution in [2.24, 2.45) is 0 Å². The number of rotatable bonds is 6. The Morgan fingerprint density at radius 2 is 0.829 bits per heavy atom. The summed E-state index contributed by atoms with van der Waals surface area (Å²) in [5, 5.41) is 9.70. The van der Waals surface area contributed by atoms with Crippen LogP contribution in [0, 0.1) is 0 Å². The summed E-state index contributed by atoms with van der Waals surface area (Å²) >= 11 is 0. The molecule has 328 valence electrons. The molecule has 13 aromatic rings. The zero-order chi connectivity index (χ0) is 46.5. The average molecular weight is 893 g/mol. The molecule has 4 nitrogen and oxygen atoms in total. The van der Waals surface area contributed by atoms with Gasteiger partial charge < -0.3 is 0 Å². The second-order valence-corrected chi connectivity index (χ2v) is 19.1. The topological polar surface area (TPSA) is 43.6 Å². The molecular formula is C66H44N4. The van der Waals surface area contributed by atoms with Gasteiger partial charge in [-0.3, -0.25) is 4.57 Å². The molecule has 0 amide bonds. The summed E-state index contributed by atoms with van der Waals surface area (Å²) in [6.45, 7) is 4.67. The summed E-state index contributed by atoms with van der Waals surface area (Å²) in [7, 11) is 0. The fourth-order valence-electron chi connectivity index (χ4n) is 11.5. The summed E-state index contributed by atoms with van der Waals surface area (Å²) in [4.78, 5) is 15.9. The first-order valence-corrected chi connectivity index (χ1v) is 24.1. The Balaban J connectivity index is 0.947. The van der Waals surface area contributed by atoms with E-state index in [0.29, 0.717) is 17.6 Å². The Morgan fingerprint density at radius 3 is 1.56 bits per heavy atom. The highest BCUT2D eigenvalue weighted by Crippen LogP contribution is 2.51. The molecule has 1 aliphatic rings. The lowest BCUT2D eigenvalue weighted by Gasteiger charge is -2.21. The van der Waals surface area contributed by atoms with Crippen LogP contribution in [0.25, 0.3) is 127 Å². The highest BCUT2D eigenvalue weighted by molar-refractivity contribution is 6.17. The molecule has 0 N–H and O–H groups in total. The van der Waals surface area contributed by atoms with Crippen LogP contribution in [0.5, 0.6) is 0 Å². The van der Waals surface area contributed by atoms with E-state index >= 15 is 0 Å². The van der Waals surface area contributed by atoms with Crippen molar-refractivity contribution in [3.8, 4) is 73.2 Å². The first-order chi connectivity index (χ1) is 34.5. The number of para-hydroxylation sites is 1. The van der Waals surface area contributed by atoms with E-state index in [2.05, 4.69) is 231 Å². The third kappa shape index (κ3) is 6.13. The summed E-state index contributed by atoms with van der Waals surface area (Å²) in [5.74, 6) is 1.83. The van der Waals surface area contributed by atoms with E-state index in [1.54, 1.807) is 0 Å². The Hall–Kier alpha value is -8.99. The molecule has 1 aliphatic carbocycles. The molecule has 0 bridgehead atoms. The SMILES string of the molecule is CC1(C)c2ccccc2-c2cc3c4ccccc4n(-c4nc(-c5ccccc5)nc(-c5ccc(-c6ccc(-c7cccc8ccccc78)c7c(-c8cccc9ccccc89)cccc67)cc5)n4)c3cc21. The zero-order valence-electron chi connectivity index (χ0n) is 38.7. The zero-order valence-corrected chi connectivity index (χ0v) is 38.7. The molecule has 0 spiro atoms. The van der Waals surface area contributed by atoms with Crippen LogP contribution in [0.15, 0.2) is 231 Å². The Morgan fingerprint density at radius 1 is 0.314 bits per heavy atom. The predicted molar refractivity (Wildman–Crippen MR) is 291 cm³/mol. The standard InChI is InChI=1S/C66H44N4/c1-66(2)58-31-12-10-25-51(58)56-39-57-52-26-11-13-32-60(52)70(61(57)40-59(56)66)65-68-63(44-19-4-3-5-20-44)67-64(69-65)45-35-33-43(34-36-45)48-37-38-55(50-28-15-22-42-18-7-9-24-47(42)50)62-53(48)29-16-30-54(62)49-27-14-21-41-17-6-8-23-46(41)49/h3-40H,1-2H3. The van der Waals surface area contributed by atoms with Crippen LogP contribution >= 0.6 is 0 Å². The lowest BCUT2D eigenvalue weighted by Crippen LogP contribution is -2.15. The van der Waals surface area contributed by atoms with Gasteiger partial charge in [-0.1, -0.05) is 226 Å². The fraction of sp³-hybridized carbons (Fsp3) is 0.0455. The van der Waals surface area contributed by atoms with Gasteiger partial charge in [-0.2, -0.15) is 9.97 Å². The van der Waals surface area contributed by atoms with E-state index < -0.39 is 0 Å². The van der Waals surface area contributed by atoms with Crippen LogP contribution in [0.2, 0.25) is 0 Å². The summed E-state index contributed by atoms with van der Waals surface area (Å²) < 4.78 is 2.24. The van der Waals surface area contributed by atoms with Crippen molar-refractivity contribution in [3.05, 3.63) is 242 Å². The quantitative estimate of drug-likeness (QED) is 0.167. The predicted octanol–water partition coefficient (Wildman–Crippen LogP) is 17.1. The van der Waals surface area contributed by atoms with Crippen molar-refractivity contribution in [1.29, 1.82) is 0 Å². The minimum absolute atomic E-state index is 0.165. The Kier molecular flexibility index (Phi) is 8.90. The van der Waals surface area contributed by atoms with Gasteiger partial charge in [0.25, 0.3) is 0 Å². The van der Waals surface area contributed by atoms with Crippen molar-refractivity contribution >= 4 is 54.1 Å². The van der Waals surface area contributed by atoms with Crippen molar-refractivity contribution in [1.82, 2.24) is 19.5 Å². The van der Waals surface area contributed by atoms with Crippen LogP contribution in [-0.2, 0) is 5.41 Å². The molecular weight excluding hydrogens is 849 g/mol. The van der Waals surface area contributed by atoms with Crippen molar-refractivity contribution in [3.63, 3.8) is 0 Å². The lowest BCUT2D eigenvalue weighted by molar-refractivity contribution is 0.661. The van der Waals surface area contributed by atoms with Crippen molar-refractivity contribution in [2.45, 2.75) is 19.3 Å². The molecule has 2 aromatic heterocycles. The second kappa shape index (κ2) is 15.5. The average Bonchev–Trinajstić information content (AvgIpc) is 3.86. The van der Waals surface area contributed by atoms with Gasteiger partial charge in [0.1, 0.15) is 0 Å². The Bertz CT molecular complexity index is 4160. The summed E-state index contributed by atoms with van der Waals surface area (Å²) in [5.41, 5.74) is 16.2. The molecule has 70 heavy (non-hydrogen) atoms. The molecule has 0 radical (unpaired) electrons. The van der Waals surface area contributed by atoms with Gasteiger partial charge in [-0.05, 0) is 106 Å². The number of hydrogen-bond acceptors (Lipinski definition) is 3. The van der Waals surface area contributed by atoms with E-state index in [1.807, 2.05) is 18.2 Å². The number of hydrogen-bond donors (Lipinski definition) is 0. The first kappa shape index (κ1) is 40.1. The van der Waals surface area contributed by atoms with E-state index in [4.69, 9.17) is 15.0 Å². The highest BCUT2D eigenvalue weighted by atomic mass is 15.2. The molecule has 14 rings (SSSR count). The van der Waals surface area contributed by atoms with Crippen LogP contribution in [0.3, 0.4) is 0 Å². The molecule has 0 fully saturated rings. The number of aromatic nitrogens is 4. The van der Waals surface area contributed by atoms with Gasteiger partial charge >= 0.3 is 0 Å². The molecule has 0 aliphatic heterocycles. The third-order valence-electron chi connectivity index (χ3n) is 14.9. The van der Waals surface area contributed by atoms with Gasteiger partial charge in [0.05, 0.1) is 11.0 Å². The molecule has 4 heteroatoms. The molecule has 0 atom stereocenters. The number of nitrogens with zero attached hydrogens (tertiary/aromatic N) is 4. The monoisotopic (exact) mass is 892 g/mol. The first-order valence-electron chi connectivity index (χ1n) is 24.1. The smallest absolute Gasteiger partial charge is 0.238 e. The maximum Gasteiger partial charge on any atom is 0.238 e. The maximum atomic E-state index is 5.37.